The van der Waals surface area contributed by atoms with Crippen molar-refractivity contribution >= 4 is 29.0 Å². The van der Waals surface area contributed by atoms with Crippen LogP contribution in [0.15, 0.2) is 18.2 Å². The molecule has 152 valence electrons. The van der Waals surface area contributed by atoms with E-state index in [1.165, 1.54) is 0 Å². The minimum absolute atomic E-state index is 0.0390. The largest absolute Gasteiger partial charge is 0.390 e. The molecule has 6 nitrogen and oxygen atoms in total. The number of halogens is 2. The van der Waals surface area contributed by atoms with Gasteiger partial charge in [-0.3, -0.25) is 0 Å². The number of rotatable bonds is 5. The number of aryl methyl sites for hydroxylation is 1. The topological polar surface area (TPSA) is 101 Å². The zero-order valence-corrected chi connectivity index (χ0v) is 17.8. The van der Waals surface area contributed by atoms with Crippen LogP contribution in [0.2, 0.25) is 10.0 Å². The molecule has 28 heavy (non-hydrogen) atoms. The Morgan fingerprint density at radius 3 is 2.50 bits per heavy atom. The highest BCUT2D eigenvalue weighted by molar-refractivity contribution is 6.43. The first-order valence-electron chi connectivity index (χ1n) is 9.46. The van der Waals surface area contributed by atoms with Crippen LogP contribution in [0, 0.1) is 12.3 Å². The predicted molar refractivity (Wildman–Crippen MR) is 115 cm³/mol. The van der Waals surface area contributed by atoms with Crippen LogP contribution in [0.25, 0.3) is 11.3 Å². The number of hydrogen-bond donors (Lipinski definition) is 3. The molecular weight excluding hydrogens is 397 g/mol. The summed E-state index contributed by atoms with van der Waals surface area (Å²) in [5.74, 6) is 0.706. The van der Waals surface area contributed by atoms with Crippen molar-refractivity contribution in [1.82, 2.24) is 9.97 Å². The highest BCUT2D eigenvalue weighted by Crippen LogP contribution is 2.37. The van der Waals surface area contributed by atoms with Crippen molar-refractivity contribution in [3.63, 3.8) is 0 Å². The number of aliphatic hydroxyl groups excluding tert-OH is 1. The van der Waals surface area contributed by atoms with Gasteiger partial charge in [0.2, 0.25) is 0 Å². The van der Waals surface area contributed by atoms with E-state index in [1.807, 2.05) is 26.0 Å². The molecule has 0 bridgehead atoms. The number of nitrogens with two attached hydrogens (primary N) is 2. The van der Waals surface area contributed by atoms with Crippen LogP contribution in [-0.4, -0.2) is 40.8 Å². The number of anilines is 1. The summed E-state index contributed by atoms with van der Waals surface area (Å²) in [6.07, 6.45) is 1.77. The van der Waals surface area contributed by atoms with Gasteiger partial charge in [-0.15, -0.1) is 0 Å². The molecule has 1 aliphatic rings. The van der Waals surface area contributed by atoms with E-state index in [0.29, 0.717) is 39.4 Å². The summed E-state index contributed by atoms with van der Waals surface area (Å²) in [6.45, 7) is 5.83. The molecule has 0 saturated carbocycles. The van der Waals surface area contributed by atoms with E-state index in [4.69, 9.17) is 39.7 Å². The Hall–Kier alpha value is -1.44. The van der Waals surface area contributed by atoms with Crippen molar-refractivity contribution in [2.24, 2.45) is 16.9 Å². The molecule has 1 fully saturated rings. The van der Waals surface area contributed by atoms with Crippen molar-refractivity contribution in [2.75, 3.05) is 24.5 Å². The Labute approximate surface area is 175 Å². The van der Waals surface area contributed by atoms with Gasteiger partial charge in [-0.2, -0.15) is 0 Å². The lowest BCUT2D eigenvalue weighted by atomic mass is 9.73. The number of aliphatic hydroxyl groups is 1. The molecule has 1 atom stereocenters. The Kier molecular flexibility index (Phi) is 6.47. The number of piperidine rings is 1. The summed E-state index contributed by atoms with van der Waals surface area (Å²) in [4.78, 5) is 11.6. The van der Waals surface area contributed by atoms with Crippen LogP contribution in [0.4, 0.5) is 5.82 Å². The Balaban J connectivity index is 1.94. The van der Waals surface area contributed by atoms with Crippen molar-refractivity contribution in [3.8, 4) is 11.3 Å². The average molecular weight is 424 g/mol. The maximum atomic E-state index is 9.94. The molecule has 5 N–H and O–H groups in total. The first-order valence-corrected chi connectivity index (χ1v) is 10.2. The highest BCUT2D eigenvalue weighted by Gasteiger charge is 2.37. The average Bonchev–Trinajstić information content (AvgIpc) is 2.70. The lowest BCUT2D eigenvalue weighted by Crippen LogP contribution is -2.52. The summed E-state index contributed by atoms with van der Waals surface area (Å²) in [6, 6.07) is 5.44. The van der Waals surface area contributed by atoms with Gasteiger partial charge in [0.15, 0.2) is 5.82 Å². The molecule has 2 heterocycles. The second-order valence-electron chi connectivity index (χ2n) is 7.53. The zero-order chi connectivity index (χ0) is 20.5. The summed E-state index contributed by atoms with van der Waals surface area (Å²) in [7, 11) is 0. The van der Waals surface area contributed by atoms with Gasteiger partial charge in [0.1, 0.15) is 5.69 Å². The van der Waals surface area contributed by atoms with Crippen LogP contribution in [0.1, 0.15) is 31.2 Å². The molecule has 0 aliphatic carbocycles. The van der Waals surface area contributed by atoms with Crippen LogP contribution in [-0.2, 0) is 6.61 Å². The summed E-state index contributed by atoms with van der Waals surface area (Å²) < 4.78 is 0. The minimum Gasteiger partial charge on any atom is -0.390 e. The molecule has 1 aliphatic heterocycles. The van der Waals surface area contributed by atoms with E-state index in [-0.39, 0.29) is 18.1 Å². The first kappa shape index (κ1) is 21.3. The van der Waals surface area contributed by atoms with Crippen LogP contribution in [0.5, 0.6) is 0 Å². The molecule has 8 heteroatoms. The molecule has 1 saturated heterocycles. The van der Waals surface area contributed by atoms with E-state index in [0.717, 1.165) is 31.6 Å². The fourth-order valence-electron chi connectivity index (χ4n) is 3.85. The fraction of sp³-hybridized carbons (Fsp3) is 0.500. The molecule has 0 radical (unpaired) electrons. The van der Waals surface area contributed by atoms with Gasteiger partial charge in [-0.05, 0) is 39.3 Å². The monoisotopic (exact) mass is 423 g/mol. The van der Waals surface area contributed by atoms with Crippen LogP contribution in [0.3, 0.4) is 0 Å². The minimum atomic E-state index is -0.209. The number of nitrogens with zero attached hydrogens (tertiary/aromatic N) is 3. The van der Waals surface area contributed by atoms with Crippen molar-refractivity contribution in [1.29, 1.82) is 0 Å². The molecule has 1 aromatic carbocycles. The Morgan fingerprint density at radius 2 is 1.93 bits per heavy atom. The zero-order valence-electron chi connectivity index (χ0n) is 16.3. The summed E-state index contributed by atoms with van der Waals surface area (Å²) >= 11 is 12.5. The number of hydrogen-bond acceptors (Lipinski definition) is 6. The van der Waals surface area contributed by atoms with E-state index in [1.54, 1.807) is 6.07 Å². The van der Waals surface area contributed by atoms with E-state index in [9.17, 15) is 5.11 Å². The third-order valence-electron chi connectivity index (χ3n) is 5.91. The van der Waals surface area contributed by atoms with Crippen molar-refractivity contribution in [3.05, 3.63) is 39.6 Å². The molecular formula is C20H27Cl2N5O. The Bertz CT molecular complexity index is 851. The molecule has 1 aromatic heterocycles. The number of aromatic nitrogens is 2. The van der Waals surface area contributed by atoms with E-state index >= 15 is 0 Å². The normalized spacial score (nSPS) is 17.6. The van der Waals surface area contributed by atoms with Crippen LogP contribution >= 0.6 is 23.2 Å². The first-order chi connectivity index (χ1) is 13.3. The summed E-state index contributed by atoms with van der Waals surface area (Å²) in [5.41, 5.74) is 14.8. The second kappa shape index (κ2) is 8.51. The second-order valence-corrected chi connectivity index (χ2v) is 8.31. The predicted octanol–water partition coefficient (Wildman–Crippen LogP) is 3.14. The SMILES string of the molecule is Cc1nc(N2CCC(CN)([C@H](C)N)CC2)c(CO)nc1-c1cccc(Cl)c1Cl. The molecule has 2 aromatic rings. The van der Waals surface area contributed by atoms with Gasteiger partial charge in [0, 0.05) is 30.1 Å². The van der Waals surface area contributed by atoms with Gasteiger partial charge in [-0.25, -0.2) is 9.97 Å². The lowest BCUT2D eigenvalue weighted by molar-refractivity contribution is 0.187. The van der Waals surface area contributed by atoms with Crippen molar-refractivity contribution in [2.45, 2.75) is 39.3 Å². The van der Waals surface area contributed by atoms with Gasteiger partial charge in [0.05, 0.1) is 28.0 Å². The van der Waals surface area contributed by atoms with Crippen molar-refractivity contribution < 1.29 is 5.11 Å². The molecule has 0 spiro atoms. The number of benzene rings is 1. The Morgan fingerprint density at radius 1 is 1.25 bits per heavy atom. The quantitative estimate of drug-likeness (QED) is 0.682. The van der Waals surface area contributed by atoms with Crippen LogP contribution < -0.4 is 16.4 Å². The molecule has 0 amide bonds. The fourth-order valence-corrected chi connectivity index (χ4v) is 4.24. The van der Waals surface area contributed by atoms with E-state index < -0.39 is 0 Å². The highest BCUT2D eigenvalue weighted by atomic mass is 35.5. The smallest absolute Gasteiger partial charge is 0.153 e. The summed E-state index contributed by atoms with van der Waals surface area (Å²) in [5, 5.41) is 10.8. The lowest BCUT2D eigenvalue weighted by Gasteiger charge is -2.44. The van der Waals surface area contributed by atoms with Gasteiger partial charge >= 0.3 is 0 Å². The van der Waals surface area contributed by atoms with Gasteiger partial charge in [-0.1, -0.05) is 35.3 Å². The third-order valence-corrected chi connectivity index (χ3v) is 6.73. The molecule has 3 rings (SSSR count). The van der Waals surface area contributed by atoms with E-state index in [2.05, 4.69) is 9.88 Å². The third kappa shape index (κ3) is 3.84. The van der Waals surface area contributed by atoms with Gasteiger partial charge in [0.25, 0.3) is 0 Å². The maximum Gasteiger partial charge on any atom is 0.153 e. The maximum absolute atomic E-state index is 9.94. The molecule has 0 unspecified atom stereocenters. The van der Waals surface area contributed by atoms with Gasteiger partial charge < -0.3 is 21.5 Å². The standard InChI is InChI=1S/C20H27Cl2N5O/c1-12-18(14-4-3-5-15(21)17(14)22)26-16(10-28)19(25-12)27-8-6-20(11-23,7-9-27)13(2)24/h3-5,13,28H,6-11,23-24H2,1-2H3/t13-/m0/s1.